The van der Waals surface area contributed by atoms with Gasteiger partial charge in [-0.25, -0.2) is 19.3 Å². The van der Waals surface area contributed by atoms with Gasteiger partial charge in [-0.3, -0.25) is 24.7 Å². The molecular formula is C28H31F4N7O3S. The Morgan fingerprint density at radius 2 is 1.86 bits per heavy atom. The van der Waals surface area contributed by atoms with E-state index in [4.69, 9.17) is 5.11 Å². The van der Waals surface area contributed by atoms with Crippen LogP contribution in [0.1, 0.15) is 47.1 Å². The highest BCUT2D eigenvalue weighted by atomic mass is 32.1. The molecule has 2 fully saturated rings. The number of rotatable bonds is 9. The number of benzene rings is 1. The Bertz CT molecular complexity index is 1460. The first-order chi connectivity index (χ1) is 20.5. The second kappa shape index (κ2) is 12.9. The zero-order valence-corrected chi connectivity index (χ0v) is 24.2. The van der Waals surface area contributed by atoms with Gasteiger partial charge in [0.25, 0.3) is 5.91 Å². The van der Waals surface area contributed by atoms with E-state index in [1.165, 1.54) is 12.4 Å². The minimum Gasteiger partial charge on any atom is -0.480 e. The average molecular weight is 622 g/mol. The molecule has 43 heavy (non-hydrogen) atoms. The molecule has 0 bridgehead atoms. The van der Waals surface area contributed by atoms with Gasteiger partial charge < -0.3 is 10.0 Å². The lowest BCUT2D eigenvalue weighted by Crippen LogP contribution is -2.48. The van der Waals surface area contributed by atoms with Gasteiger partial charge in [0.15, 0.2) is 5.13 Å². The maximum absolute atomic E-state index is 14.3. The van der Waals surface area contributed by atoms with Crippen molar-refractivity contribution in [1.82, 2.24) is 24.8 Å². The molecule has 1 atom stereocenters. The van der Waals surface area contributed by atoms with Crippen LogP contribution in [0.25, 0.3) is 11.3 Å². The number of amides is 1. The summed E-state index contributed by atoms with van der Waals surface area (Å²) in [6, 6.07) is 2.66. The number of carboxylic acid groups (broad SMARTS) is 1. The number of aromatic nitrogens is 3. The van der Waals surface area contributed by atoms with Crippen LogP contribution < -0.4 is 10.2 Å². The van der Waals surface area contributed by atoms with Crippen LogP contribution in [0, 0.1) is 5.82 Å². The first-order valence-electron chi connectivity index (χ1n) is 13.9. The van der Waals surface area contributed by atoms with E-state index in [1.807, 2.05) is 9.80 Å². The van der Waals surface area contributed by atoms with E-state index in [0.29, 0.717) is 55.5 Å². The summed E-state index contributed by atoms with van der Waals surface area (Å²) in [5, 5.41) is 11.8. The predicted molar refractivity (Wildman–Crippen MR) is 153 cm³/mol. The number of carbonyl (C=O) groups is 2. The summed E-state index contributed by atoms with van der Waals surface area (Å²) in [5.74, 6) is -1.96. The van der Waals surface area contributed by atoms with Gasteiger partial charge in [-0.05, 0) is 44.0 Å². The SMILES string of the molecule is CC[C@@H]1CCCN1Cc1sc(NC(=O)c2cnc(N3CCN(CC(=O)O)CC3)cn2)nc1-c1cc(F)cc(C(F)(F)F)c1. The summed E-state index contributed by atoms with van der Waals surface area (Å²) in [6.07, 6.45) is 0.984. The van der Waals surface area contributed by atoms with Crippen molar-refractivity contribution in [3.8, 4) is 11.3 Å². The minimum atomic E-state index is -4.73. The third-order valence-electron chi connectivity index (χ3n) is 7.66. The van der Waals surface area contributed by atoms with Crippen molar-refractivity contribution in [1.29, 1.82) is 0 Å². The van der Waals surface area contributed by atoms with E-state index in [9.17, 15) is 27.2 Å². The second-order valence-electron chi connectivity index (χ2n) is 10.6. The van der Waals surface area contributed by atoms with Crippen molar-refractivity contribution in [2.45, 2.75) is 44.9 Å². The molecule has 1 aromatic carbocycles. The van der Waals surface area contributed by atoms with Gasteiger partial charge in [0.05, 0.1) is 30.2 Å². The summed E-state index contributed by atoms with van der Waals surface area (Å²) >= 11 is 1.13. The zero-order valence-electron chi connectivity index (χ0n) is 23.4. The van der Waals surface area contributed by atoms with Gasteiger partial charge in [-0.2, -0.15) is 13.2 Å². The normalized spacial score (nSPS) is 18.3. The summed E-state index contributed by atoms with van der Waals surface area (Å²) in [4.78, 5) is 43.6. The number of anilines is 2. The smallest absolute Gasteiger partial charge is 0.416 e. The van der Waals surface area contributed by atoms with Crippen LogP contribution in [-0.2, 0) is 17.5 Å². The van der Waals surface area contributed by atoms with E-state index in [0.717, 1.165) is 49.3 Å². The van der Waals surface area contributed by atoms with Crippen molar-refractivity contribution >= 4 is 34.2 Å². The quantitative estimate of drug-likeness (QED) is 0.331. The number of likely N-dealkylation sites (tertiary alicyclic amines) is 1. The molecular weight excluding hydrogens is 590 g/mol. The Hall–Kier alpha value is -3.69. The maximum atomic E-state index is 14.3. The van der Waals surface area contributed by atoms with Gasteiger partial charge in [-0.15, -0.1) is 0 Å². The Morgan fingerprint density at radius 1 is 1.09 bits per heavy atom. The lowest BCUT2D eigenvalue weighted by Gasteiger charge is -2.34. The van der Waals surface area contributed by atoms with Gasteiger partial charge in [-0.1, -0.05) is 18.3 Å². The molecule has 2 aliphatic heterocycles. The number of nitrogens with one attached hydrogen (secondary N) is 1. The molecule has 0 radical (unpaired) electrons. The molecule has 2 aromatic heterocycles. The Balaban J connectivity index is 1.34. The van der Waals surface area contributed by atoms with Crippen molar-refractivity contribution < 1.29 is 32.3 Å². The summed E-state index contributed by atoms with van der Waals surface area (Å²) in [5.41, 5.74) is -0.921. The number of nitrogens with zero attached hydrogens (tertiary/aromatic N) is 6. The van der Waals surface area contributed by atoms with Crippen LogP contribution in [0.4, 0.5) is 28.5 Å². The summed E-state index contributed by atoms with van der Waals surface area (Å²) in [6.45, 7) is 5.51. The first kappa shape index (κ1) is 30.8. The van der Waals surface area contributed by atoms with E-state index in [2.05, 4.69) is 32.1 Å². The molecule has 0 unspecified atom stereocenters. The molecule has 10 nitrogen and oxygen atoms in total. The van der Waals surface area contributed by atoms with Crippen LogP contribution in [0.5, 0.6) is 0 Å². The number of halogens is 4. The standard InChI is InChI=1S/C28H31F4N7O3S/c1-2-20-4-3-5-39(20)15-22-25(17-10-18(28(30,31)32)12-19(29)11-17)35-27(43-22)36-26(42)21-13-34-23(14-33-21)38-8-6-37(7-9-38)16-24(40)41/h10-14,20H,2-9,15-16H2,1H3,(H,40,41)(H,35,36,42)/t20-/m1/s1. The Labute approximate surface area is 249 Å². The number of carbonyl (C=O) groups excluding carboxylic acids is 1. The largest absolute Gasteiger partial charge is 0.480 e. The van der Waals surface area contributed by atoms with E-state index >= 15 is 0 Å². The number of alkyl halides is 3. The van der Waals surface area contributed by atoms with Crippen LogP contribution in [-0.4, -0.2) is 87.0 Å². The fourth-order valence-electron chi connectivity index (χ4n) is 5.47. The predicted octanol–water partition coefficient (Wildman–Crippen LogP) is 4.59. The fraction of sp³-hybridized carbons (Fsp3) is 0.464. The van der Waals surface area contributed by atoms with Gasteiger partial charge in [0.2, 0.25) is 0 Å². The maximum Gasteiger partial charge on any atom is 0.416 e. The molecule has 5 rings (SSSR count). The van der Waals surface area contributed by atoms with Crippen LogP contribution >= 0.6 is 11.3 Å². The van der Waals surface area contributed by atoms with Crippen LogP contribution in [0.3, 0.4) is 0 Å². The van der Waals surface area contributed by atoms with Crippen molar-refractivity contribution in [3.05, 3.63) is 52.5 Å². The van der Waals surface area contributed by atoms with Gasteiger partial charge in [0, 0.05) is 49.2 Å². The number of aliphatic carboxylic acids is 1. The number of hydrogen-bond acceptors (Lipinski definition) is 9. The third kappa shape index (κ3) is 7.46. The zero-order chi connectivity index (χ0) is 30.7. The summed E-state index contributed by atoms with van der Waals surface area (Å²) < 4.78 is 54.7. The van der Waals surface area contributed by atoms with Crippen LogP contribution in [0.15, 0.2) is 30.6 Å². The molecule has 2 N–H and O–H groups in total. The van der Waals surface area contributed by atoms with Crippen molar-refractivity contribution in [2.75, 3.05) is 49.5 Å². The van der Waals surface area contributed by atoms with E-state index < -0.39 is 29.4 Å². The molecule has 0 spiro atoms. The van der Waals surface area contributed by atoms with Crippen molar-refractivity contribution in [3.63, 3.8) is 0 Å². The number of thiazole rings is 1. The van der Waals surface area contributed by atoms with Gasteiger partial charge in [0.1, 0.15) is 17.3 Å². The van der Waals surface area contributed by atoms with Crippen molar-refractivity contribution in [2.24, 2.45) is 0 Å². The van der Waals surface area contributed by atoms with E-state index in [1.54, 1.807) is 0 Å². The number of piperazine rings is 1. The molecule has 15 heteroatoms. The molecule has 3 aromatic rings. The topological polar surface area (TPSA) is 115 Å². The number of carboxylic acids is 1. The Morgan fingerprint density at radius 3 is 2.51 bits per heavy atom. The van der Waals surface area contributed by atoms with E-state index in [-0.39, 0.29) is 28.6 Å². The first-order valence-corrected chi connectivity index (χ1v) is 14.8. The second-order valence-corrected chi connectivity index (χ2v) is 11.6. The molecule has 2 saturated heterocycles. The molecule has 230 valence electrons. The Kier molecular flexibility index (Phi) is 9.22. The average Bonchev–Trinajstić information content (AvgIpc) is 3.59. The summed E-state index contributed by atoms with van der Waals surface area (Å²) in [7, 11) is 0. The lowest BCUT2D eigenvalue weighted by molar-refractivity contribution is -0.139. The monoisotopic (exact) mass is 621 g/mol. The molecule has 0 aliphatic carbocycles. The molecule has 1 amide bonds. The van der Waals surface area contributed by atoms with Gasteiger partial charge >= 0.3 is 12.1 Å². The minimum absolute atomic E-state index is 0.0149. The number of hydrogen-bond donors (Lipinski definition) is 2. The molecule has 4 heterocycles. The highest BCUT2D eigenvalue weighted by Crippen LogP contribution is 2.38. The molecule has 2 aliphatic rings. The highest BCUT2D eigenvalue weighted by Gasteiger charge is 2.33. The van der Waals surface area contributed by atoms with Crippen LogP contribution in [0.2, 0.25) is 0 Å². The third-order valence-corrected chi connectivity index (χ3v) is 8.61. The highest BCUT2D eigenvalue weighted by molar-refractivity contribution is 7.16. The lowest BCUT2D eigenvalue weighted by atomic mass is 10.1. The molecule has 0 saturated carbocycles. The fourth-order valence-corrected chi connectivity index (χ4v) is 6.47.